The van der Waals surface area contributed by atoms with E-state index in [9.17, 15) is 0 Å². The van der Waals surface area contributed by atoms with E-state index in [1.165, 1.54) is 5.56 Å². The van der Waals surface area contributed by atoms with Gasteiger partial charge in [0.25, 0.3) is 0 Å². The van der Waals surface area contributed by atoms with E-state index in [1.54, 1.807) is 0 Å². The molecule has 0 amide bonds. The van der Waals surface area contributed by atoms with Crippen LogP contribution in [-0.4, -0.2) is 19.8 Å². The predicted molar refractivity (Wildman–Crippen MR) is 90.8 cm³/mol. The van der Waals surface area contributed by atoms with Gasteiger partial charge in [-0.1, -0.05) is 30.3 Å². The lowest BCUT2D eigenvalue weighted by Crippen LogP contribution is -2.27. The molecule has 0 aliphatic carbocycles. The lowest BCUT2D eigenvalue weighted by Gasteiger charge is -2.27. The van der Waals surface area contributed by atoms with Crippen molar-refractivity contribution in [3.05, 3.63) is 53.6 Å². The molecule has 2 aromatic carbocycles. The summed E-state index contributed by atoms with van der Waals surface area (Å²) in [5, 5.41) is 3.63. The molecule has 2 aromatic rings. The maximum absolute atomic E-state index is 5.77. The van der Waals surface area contributed by atoms with Crippen LogP contribution in [0.2, 0.25) is 0 Å². The summed E-state index contributed by atoms with van der Waals surface area (Å²) < 4.78 is 17.1. The molecular formula is C18H20ClNO3. The van der Waals surface area contributed by atoms with Crippen LogP contribution in [0, 0.1) is 0 Å². The van der Waals surface area contributed by atoms with Gasteiger partial charge < -0.3 is 19.5 Å². The van der Waals surface area contributed by atoms with Gasteiger partial charge in [0.2, 0.25) is 0 Å². The quantitative estimate of drug-likeness (QED) is 0.933. The minimum atomic E-state index is 0. The first-order valence-electron chi connectivity index (χ1n) is 7.74. The molecule has 2 heterocycles. The second-order valence-corrected chi connectivity index (χ2v) is 5.55. The van der Waals surface area contributed by atoms with Crippen LogP contribution in [0.4, 0.5) is 0 Å². The highest BCUT2D eigenvalue weighted by atomic mass is 35.5. The van der Waals surface area contributed by atoms with Crippen LogP contribution < -0.4 is 19.5 Å². The first kappa shape index (κ1) is 16.0. The van der Waals surface area contributed by atoms with Crippen molar-refractivity contribution in [2.75, 3.05) is 19.8 Å². The van der Waals surface area contributed by atoms with Crippen LogP contribution in [0.15, 0.2) is 42.5 Å². The Balaban J connectivity index is 0.00000156. The Hall–Kier alpha value is -1.91. The molecule has 0 bridgehead atoms. The van der Waals surface area contributed by atoms with E-state index < -0.39 is 0 Å². The fourth-order valence-electron chi connectivity index (χ4n) is 3.06. The van der Waals surface area contributed by atoms with Gasteiger partial charge in [0.05, 0.1) is 6.61 Å². The molecule has 1 N–H and O–H groups in total. The molecule has 0 saturated carbocycles. The molecule has 0 spiro atoms. The minimum Gasteiger partial charge on any atom is -0.493 e. The second kappa shape index (κ2) is 7.11. The first-order chi connectivity index (χ1) is 10.9. The number of fused-ring (bicyclic) bond motifs is 2. The molecule has 1 atom stereocenters. The van der Waals surface area contributed by atoms with E-state index in [0.717, 1.165) is 42.4 Å². The zero-order chi connectivity index (χ0) is 14.8. The molecule has 4 nitrogen and oxygen atoms in total. The average Bonchev–Trinajstić information content (AvgIpc) is 2.60. The van der Waals surface area contributed by atoms with Crippen LogP contribution in [0.1, 0.15) is 23.6 Å². The fraction of sp³-hybridized carbons (Fsp3) is 0.333. The van der Waals surface area contributed by atoms with Crippen molar-refractivity contribution >= 4 is 12.4 Å². The summed E-state index contributed by atoms with van der Waals surface area (Å²) >= 11 is 0. The number of nitrogens with one attached hydrogen (secondary N) is 1. The molecule has 4 rings (SSSR count). The van der Waals surface area contributed by atoms with Gasteiger partial charge >= 0.3 is 0 Å². The third-order valence-electron chi connectivity index (χ3n) is 4.15. The average molecular weight is 334 g/mol. The summed E-state index contributed by atoms with van der Waals surface area (Å²) in [5.41, 5.74) is 2.37. The van der Waals surface area contributed by atoms with Crippen molar-refractivity contribution in [2.45, 2.75) is 19.0 Å². The number of benzene rings is 2. The molecule has 23 heavy (non-hydrogen) atoms. The summed E-state index contributed by atoms with van der Waals surface area (Å²) in [6, 6.07) is 14.6. The van der Waals surface area contributed by atoms with Crippen molar-refractivity contribution in [1.82, 2.24) is 5.32 Å². The molecule has 0 saturated heterocycles. The summed E-state index contributed by atoms with van der Waals surface area (Å²) in [6.07, 6.45) is 0.976. The van der Waals surface area contributed by atoms with Gasteiger partial charge in [-0.15, -0.1) is 12.4 Å². The number of rotatable bonds is 3. The molecule has 0 fully saturated rings. The molecule has 2 aliphatic heterocycles. The maximum Gasteiger partial charge on any atom is 0.165 e. The Morgan fingerprint density at radius 2 is 1.65 bits per heavy atom. The van der Waals surface area contributed by atoms with Crippen molar-refractivity contribution in [1.29, 1.82) is 0 Å². The molecule has 122 valence electrons. The fourth-order valence-corrected chi connectivity index (χ4v) is 3.06. The SMILES string of the molecule is Cl.c1ccc2c(c1)OCCC2NCc1cccc2c1OCCO2. The van der Waals surface area contributed by atoms with Gasteiger partial charge in [0.15, 0.2) is 11.5 Å². The van der Waals surface area contributed by atoms with E-state index in [0.29, 0.717) is 19.3 Å². The highest BCUT2D eigenvalue weighted by molar-refractivity contribution is 5.85. The Morgan fingerprint density at radius 3 is 2.61 bits per heavy atom. The summed E-state index contributed by atoms with van der Waals surface area (Å²) in [6.45, 7) is 2.74. The Labute approximate surface area is 142 Å². The largest absolute Gasteiger partial charge is 0.493 e. The maximum atomic E-state index is 5.77. The van der Waals surface area contributed by atoms with E-state index in [-0.39, 0.29) is 12.4 Å². The summed E-state index contributed by atoms with van der Waals surface area (Å²) in [5.74, 6) is 2.71. The lowest BCUT2D eigenvalue weighted by atomic mass is 10.00. The monoisotopic (exact) mass is 333 g/mol. The Bertz CT molecular complexity index is 677. The predicted octanol–water partition coefficient (Wildman–Crippen LogP) is 3.49. The number of hydrogen-bond donors (Lipinski definition) is 1. The van der Waals surface area contributed by atoms with Crippen LogP contribution >= 0.6 is 12.4 Å². The summed E-state index contributed by atoms with van der Waals surface area (Å²) in [7, 11) is 0. The van der Waals surface area contributed by atoms with E-state index in [2.05, 4.69) is 23.5 Å². The van der Waals surface area contributed by atoms with Crippen LogP contribution in [-0.2, 0) is 6.54 Å². The van der Waals surface area contributed by atoms with Gasteiger partial charge in [0, 0.05) is 30.1 Å². The van der Waals surface area contributed by atoms with Crippen molar-refractivity contribution in [3.8, 4) is 17.2 Å². The van der Waals surface area contributed by atoms with Crippen LogP contribution in [0.5, 0.6) is 17.2 Å². The Morgan fingerprint density at radius 1 is 0.870 bits per heavy atom. The van der Waals surface area contributed by atoms with Gasteiger partial charge in [-0.25, -0.2) is 0 Å². The number of halogens is 1. The highest BCUT2D eigenvalue weighted by Crippen LogP contribution is 2.35. The smallest absolute Gasteiger partial charge is 0.165 e. The molecule has 2 aliphatic rings. The zero-order valence-corrected chi connectivity index (χ0v) is 13.6. The van der Waals surface area contributed by atoms with Crippen molar-refractivity contribution in [2.24, 2.45) is 0 Å². The second-order valence-electron chi connectivity index (χ2n) is 5.55. The topological polar surface area (TPSA) is 39.7 Å². The van der Waals surface area contributed by atoms with Gasteiger partial charge in [-0.05, 0) is 12.1 Å². The summed E-state index contributed by atoms with van der Waals surface area (Å²) in [4.78, 5) is 0. The number of hydrogen-bond acceptors (Lipinski definition) is 4. The van der Waals surface area contributed by atoms with Crippen molar-refractivity contribution < 1.29 is 14.2 Å². The van der Waals surface area contributed by atoms with Gasteiger partial charge in [-0.2, -0.15) is 0 Å². The third kappa shape index (κ3) is 3.23. The highest BCUT2D eigenvalue weighted by Gasteiger charge is 2.22. The number of para-hydroxylation sites is 2. The third-order valence-corrected chi connectivity index (χ3v) is 4.15. The lowest BCUT2D eigenvalue weighted by molar-refractivity contribution is 0.169. The zero-order valence-electron chi connectivity index (χ0n) is 12.8. The molecule has 0 aromatic heterocycles. The van der Waals surface area contributed by atoms with E-state index >= 15 is 0 Å². The van der Waals surface area contributed by atoms with Crippen LogP contribution in [0.3, 0.4) is 0 Å². The van der Waals surface area contributed by atoms with E-state index in [4.69, 9.17) is 14.2 Å². The molecule has 5 heteroatoms. The Kier molecular flexibility index (Phi) is 4.94. The first-order valence-corrected chi connectivity index (χ1v) is 7.74. The molecular weight excluding hydrogens is 314 g/mol. The standard InChI is InChI=1S/C18H19NO3.ClH/c1-2-6-16-14(5-1)15(8-9-20-16)19-12-13-4-3-7-17-18(13)22-11-10-21-17;/h1-7,15,19H,8-12H2;1H. The van der Waals surface area contributed by atoms with Crippen LogP contribution in [0.25, 0.3) is 0 Å². The van der Waals surface area contributed by atoms with Gasteiger partial charge in [0.1, 0.15) is 19.0 Å². The van der Waals surface area contributed by atoms with E-state index in [1.807, 2.05) is 24.3 Å². The number of ether oxygens (including phenoxy) is 3. The molecule has 1 unspecified atom stereocenters. The molecule has 0 radical (unpaired) electrons. The van der Waals surface area contributed by atoms with Gasteiger partial charge in [-0.3, -0.25) is 0 Å². The normalized spacial score (nSPS) is 18.3. The van der Waals surface area contributed by atoms with Crippen molar-refractivity contribution in [3.63, 3.8) is 0 Å². The minimum absolute atomic E-state index is 0.